The Morgan fingerprint density at radius 3 is 2.74 bits per heavy atom. The van der Waals surface area contributed by atoms with Crippen molar-refractivity contribution in [2.24, 2.45) is 0 Å². The summed E-state index contributed by atoms with van der Waals surface area (Å²) in [6, 6.07) is 0.301. The highest BCUT2D eigenvalue weighted by molar-refractivity contribution is 5.92. The van der Waals surface area contributed by atoms with Crippen LogP contribution >= 0.6 is 0 Å². The molecule has 3 rings (SSSR count). The van der Waals surface area contributed by atoms with Gasteiger partial charge in [0.2, 0.25) is 0 Å². The van der Waals surface area contributed by atoms with Crippen LogP contribution in [0.2, 0.25) is 0 Å². The van der Waals surface area contributed by atoms with Crippen molar-refractivity contribution >= 4 is 11.9 Å². The SMILES string of the molecule is CC1=CC(=CCCCN2CCCC2C2C=C(C)C(=O)O2)OC1=O. The van der Waals surface area contributed by atoms with E-state index in [4.69, 9.17) is 9.47 Å². The average molecular weight is 317 g/mol. The maximum Gasteiger partial charge on any atom is 0.339 e. The molecule has 0 aromatic rings. The van der Waals surface area contributed by atoms with E-state index in [0.29, 0.717) is 17.4 Å². The van der Waals surface area contributed by atoms with Crippen LogP contribution in [0.4, 0.5) is 0 Å². The van der Waals surface area contributed by atoms with Crippen molar-refractivity contribution < 1.29 is 19.1 Å². The van der Waals surface area contributed by atoms with Gasteiger partial charge in [-0.15, -0.1) is 0 Å². The van der Waals surface area contributed by atoms with E-state index in [2.05, 4.69) is 4.90 Å². The molecular weight excluding hydrogens is 294 g/mol. The summed E-state index contributed by atoms with van der Waals surface area (Å²) in [7, 11) is 0. The van der Waals surface area contributed by atoms with E-state index >= 15 is 0 Å². The fraction of sp³-hybridized carbons (Fsp3) is 0.556. The van der Waals surface area contributed by atoms with Gasteiger partial charge in [-0.25, -0.2) is 9.59 Å². The molecule has 0 aliphatic carbocycles. The van der Waals surface area contributed by atoms with Gasteiger partial charge in [0.15, 0.2) is 0 Å². The zero-order chi connectivity index (χ0) is 16.4. The first-order chi connectivity index (χ1) is 11.0. The Kier molecular flexibility index (Phi) is 4.66. The van der Waals surface area contributed by atoms with Crippen LogP contribution in [0, 0.1) is 0 Å². The van der Waals surface area contributed by atoms with Gasteiger partial charge in [0.25, 0.3) is 0 Å². The summed E-state index contributed by atoms with van der Waals surface area (Å²) in [5, 5.41) is 0. The van der Waals surface area contributed by atoms with Crippen molar-refractivity contribution in [2.75, 3.05) is 13.1 Å². The first kappa shape index (κ1) is 16.0. The topological polar surface area (TPSA) is 55.8 Å². The molecule has 3 aliphatic rings. The van der Waals surface area contributed by atoms with Crippen LogP contribution in [0.3, 0.4) is 0 Å². The molecule has 2 unspecified atom stereocenters. The Bertz CT molecular complexity index is 602. The minimum absolute atomic E-state index is 0.0928. The summed E-state index contributed by atoms with van der Waals surface area (Å²) in [6.07, 6.45) is 9.70. The number of hydrogen-bond donors (Lipinski definition) is 0. The Morgan fingerprint density at radius 1 is 1.26 bits per heavy atom. The summed E-state index contributed by atoms with van der Waals surface area (Å²) in [6.45, 7) is 5.59. The highest BCUT2D eigenvalue weighted by atomic mass is 16.6. The molecule has 23 heavy (non-hydrogen) atoms. The van der Waals surface area contributed by atoms with E-state index in [-0.39, 0.29) is 18.0 Å². The highest BCUT2D eigenvalue weighted by Crippen LogP contribution is 2.27. The third-order valence-corrected chi connectivity index (χ3v) is 4.66. The second-order valence-corrected chi connectivity index (χ2v) is 6.43. The second-order valence-electron chi connectivity index (χ2n) is 6.43. The van der Waals surface area contributed by atoms with Gasteiger partial charge in [-0.3, -0.25) is 4.90 Å². The number of carbonyl (C=O) groups excluding carboxylic acids is 2. The van der Waals surface area contributed by atoms with E-state index in [1.165, 1.54) is 0 Å². The van der Waals surface area contributed by atoms with E-state index in [0.717, 1.165) is 44.3 Å². The number of nitrogens with zero attached hydrogens (tertiary/aromatic N) is 1. The molecule has 0 aromatic carbocycles. The molecule has 0 saturated carbocycles. The molecule has 5 heteroatoms. The Hall–Kier alpha value is -1.88. The molecule has 0 amide bonds. The molecular formula is C18H23NO4. The normalized spacial score (nSPS) is 29.7. The number of ether oxygens (including phenoxy) is 2. The zero-order valence-corrected chi connectivity index (χ0v) is 13.7. The third kappa shape index (κ3) is 3.55. The van der Waals surface area contributed by atoms with E-state index < -0.39 is 0 Å². The number of rotatable bonds is 5. The number of unbranched alkanes of at least 4 members (excludes halogenated alkanes) is 1. The molecule has 1 saturated heterocycles. The molecule has 1 fully saturated rings. The summed E-state index contributed by atoms with van der Waals surface area (Å²) in [5.74, 6) is 0.228. The van der Waals surface area contributed by atoms with Crippen molar-refractivity contribution in [1.29, 1.82) is 0 Å². The van der Waals surface area contributed by atoms with Gasteiger partial charge in [0.05, 0.1) is 6.04 Å². The summed E-state index contributed by atoms with van der Waals surface area (Å²) in [5.41, 5.74) is 1.37. The number of hydrogen-bond acceptors (Lipinski definition) is 5. The van der Waals surface area contributed by atoms with Gasteiger partial charge < -0.3 is 9.47 Å². The Morgan fingerprint density at radius 2 is 2.09 bits per heavy atom. The third-order valence-electron chi connectivity index (χ3n) is 4.66. The van der Waals surface area contributed by atoms with Crippen LogP contribution in [0.25, 0.3) is 0 Å². The summed E-state index contributed by atoms with van der Waals surface area (Å²) >= 11 is 0. The van der Waals surface area contributed by atoms with Crippen LogP contribution in [0.15, 0.2) is 35.1 Å². The Balaban J connectivity index is 1.48. The maximum absolute atomic E-state index is 11.5. The van der Waals surface area contributed by atoms with Gasteiger partial charge in [0.1, 0.15) is 11.9 Å². The molecule has 0 aromatic heterocycles. The molecule has 0 radical (unpaired) electrons. The lowest BCUT2D eigenvalue weighted by Crippen LogP contribution is -2.39. The van der Waals surface area contributed by atoms with E-state index in [1.54, 1.807) is 13.0 Å². The van der Waals surface area contributed by atoms with E-state index in [1.807, 2.05) is 19.1 Å². The smallest absolute Gasteiger partial charge is 0.339 e. The first-order valence-corrected chi connectivity index (χ1v) is 8.28. The largest absolute Gasteiger partial charge is 0.453 e. The molecule has 0 bridgehead atoms. The lowest BCUT2D eigenvalue weighted by molar-refractivity contribution is -0.141. The Labute approximate surface area is 136 Å². The number of esters is 2. The number of cyclic esters (lactones) is 2. The number of allylic oxidation sites excluding steroid dienone is 2. The minimum atomic E-state index is -0.249. The van der Waals surface area contributed by atoms with Crippen LogP contribution in [0.5, 0.6) is 0 Å². The summed E-state index contributed by atoms with van der Waals surface area (Å²) in [4.78, 5) is 25.2. The van der Waals surface area contributed by atoms with Crippen LogP contribution in [-0.4, -0.2) is 42.1 Å². The van der Waals surface area contributed by atoms with E-state index in [9.17, 15) is 9.59 Å². The monoisotopic (exact) mass is 317 g/mol. The van der Waals surface area contributed by atoms with Gasteiger partial charge in [-0.1, -0.05) is 0 Å². The highest BCUT2D eigenvalue weighted by Gasteiger charge is 2.36. The molecule has 2 atom stereocenters. The van der Waals surface area contributed by atoms with Crippen molar-refractivity contribution in [3.63, 3.8) is 0 Å². The zero-order valence-electron chi connectivity index (χ0n) is 13.7. The van der Waals surface area contributed by atoms with Crippen molar-refractivity contribution in [2.45, 2.75) is 51.7 Å². The molecule has 0 N–H and O–H groups in total. The molecule has 0 spiro atoms. The maximum atomic E-state index is 11.5. The summed E-state index contributed by atoms with van der Waals surface area (Å²) < 4.78 is 10.6. The fourth-order valence-corrected chi connectivity index (χ4v) is 3.38. The molecule has 5 nitrogen and oxygen atoms in total. The standard InChI is InChI=1S/C18H23NO4/c1-12-10-14(22-17(12)20)6-3-4-8-19-9-5-7-15(19)16-11-13(2)18(21)23-16/h6,10-11,15-16H,3-5,7-9H2,1-2H3. The minimum Gasteiger partial charge on any atom is -0.453 e. The average Bonchev–Trinajstić information content (AvgIpc) is 3.18. The van der Waals surface area contributed by atoms with Gasteiger partial charge >= 0.3 is 11.9 Å². The van der Waals surface area contributed by atoms with Crippen LogP contribution in [0.1, 0.15) is 39.5 Å². The van der Waals surface area contributed by atoms with Gasteiger partial charge in [-0.2, -0.15) is 0 Å². The predicted octanol–water partition coefficient (Wildman–Crippen LogP) is 2.49. The first-order valence-electron chi connectivity index (χ1n) is 8.28. The number of likely N-dealkylation sites (tertiary alicyclic amines) is 1. The number of carbonyl (C=O) groups is 2. The van der Waals surface area contributed by atoms with Crippen molar-refractivity contribution in [3.05, 3.63) is 35.1 Å². The van der Waals surface area contributed by atoms with Gasteiger partial charge in [0, 0.05) is 11.1 Å². The predicted molar refractivity (Wildman–Crippen MR) is 85.4 cm³/mol. The fourth-order valence-electron chi connectivity index (χ4n) is 3.38. The molecule has 124 valence electrons. The second kappa shape index (κ2) is 6.71. The van der Waals surface area contributed by atoms with Crippen LogP contribution < -0.4 is 0 Å². The molecule has 3 aliphatic heterocycles. The molecule has 3 heterocycles. The van der Waals surface area contributed by atoms with Crippen LogP contribution in [-0.2, 0) is 19.1 Å². The lowest BCUT2D eigenvalue weighted by Gasteiger charge is -2.27. The van der Waals surface area contributed by atoms with Crippen molar-refractivity contribution in [3.8, 4) is 0 Å². The van der Waals surface area contributed by atoms with Gasteiger partial charge in [-0.05, 0) is 70.8 Å². The lowest BCUT2D eigenvalue weighted by atomic mass is 10.1. The quantitative estimate of drug-likeness (QED) is 0.576. The van der Waals surface area contributed by atoms with Crippen molar-refractivity contribution in [1.82, 2.24) is 4.90 Å².